The third-order valence-electron chi connectivity index (χ3n) is 2.87. The maximum Gasteiger partial charge on any atom is 0.251 e. The van der Waals surface area contributed by atoms with E-state index in [1.807, 2.05) is 12.1 Å². The van der Waals surface area contributed by atoms with Crippen molar-refractivity contribution in [3.63, 3.8) is 0 Å². The summed E-state index contributed by atoms with van der Waals surface area (Å²) in [6, 6.07) is 10.8. The van der Waals surface area contributed by atoms with Gasteiger partial charge in [-0.05, 0) is 29.8 Å². The van der Waals surface area contributed by atoms with Gasteiger partial charge >= 0.3 is 0 Å². The zero-order valence-corrected chi connectivity index (χ0v) is 13.6. The Hall–Kier alpha value is -1.76. The van der Waals surface area contributed by atoms with Gasteiger partial charge in [0.15, 0.2) is 0 Å². The number of carbonyl (C=O) groups is 2. The summed E-state index contributed by atoms with van der Waals surface area (Å²) in [7, 11) is 0. The Balaban J connectivity index is 0.00000242. The molecule has 0 aliphatic heterocycles. The summed E-state index contributed by atoms with van der Waals surface area (Å²) in [5, 5.41) is 2.78. The van der Waals surface area contributed by atoms with E-state index >= 15 is 0 Å². The van der Waals surface area contributed by atoms with Crippen molar-refractivity contribution in [1.82, 2.24) is 10.3 Å². The standard InChI is InChI=1S/C15H17N3O2S.ClH/c16-7-9-18-14(19)12-5-3-11(4-6-12)10-21-15(20)13-2-1-8-17-13;/h1-6,8,17H,7,9-10,16H2,(H,18,19);1H/p+1. The minimum absolute atomic E-state index is 0. The molecule has 1 aromatic carbocycles. The first-order valence-corrected chi connectivity index (χ1v) is 7.66. The first-order chi connectivity index (χ1) is 10.2. The van der Waals surface area contributed by atoms with E-state index < -0.39 is 0 Å². The van der Waals surface area contributed by atoms with Crippen LogP contribution in [0.3, 0.4) is 0 Å². The Labute approximate surface area is 139 Å². The lowest BCUT2D eigenvalue weighted by Gasteiger charge is -2.04. The van der Waals surface area contributed by atoms with Crippen LogP contribution in [0, 0.1) is 0 Å². The first-order valence-electron chi connectivity index (χ1n) is 6.67. The molecule has 0 fully saturated rings. The molecule has 7 heteroatoms. The molecule has 1 amide bonds. The van der Waals surface area contributed by atoms with Crippen molar-refractivity contribution < 1.29 is 15.3 Å². The second kappa shape index (κ2) is 9.30. The van der Waals surface area contributed by atoms with Crippen molar-refractivity contribution in [3.05, 3.63) is 59.4 Å². The molecule has 1 aromatic heterocycles. The summed E-state index contributed by atoms with van der Waals surface area (Å²) in [5.41, 5.74) is 5.90. The molecular weight excluding hydrogens is 322 g/mol. The van der Waals surface area contributed by atoms with Crippen LogP contribution < -0.4 is 11.1 Å². The lowest BCUT2D eigenvalue weighted by Crippen LogP contribution is -2.54. The van der Waals surface area contributed by atoms with Gasteiger partial charge in [0.25, 0.3) is 5.91 Å². The van der Waals surface area contributed by atoms with Gasteiger partial charge in [0.05, 0.1) is 18.8 Å². The minimum Gasteiger partial charge on any atom is -0.358 e. The molecule has 2 rings (SSSR count). The fourth-order valence-corrected chi connectivity index (χ4v) is 2.51. The SMILES string of the molecule is Cl.[NH3+]CCNC(=O)c1ccc(CSC(=O)c2ccc[nH]2)cc1. The summed E-state index contributed by atoms with van der Waals surface area (Å²) < 4.78 is 0. The predicted molar refractivity (Wildman–Crippen MR) is 90.2 cm³/mol. The average molecular weight is 341 g/mol. The highest BCUT2D eigenvalue weighted by atomic mass is 35.5. The molecule has 0 bridgehead atoms. The van der Waals surface area contributed by atoms with E-state index in [4.69, 9.17) is 0 Å². The third kappa shape index (κ3) is 5.22. The van der Waals surface area contributed by atoms with Crippen LogP contribution >= 0.6 is 24.2 Å². The third-order valence-corrected chi connectivity index (χ3v) is 3.83. The highest BCUT2D eigenvalue weighted by Gasteiger charge is 2.08. The summed E-state index contributed by atoms with van der Waals surface area (Å²) in [6.07, 6.45) is 1.73. The summed E-state index contributed by atoms with van der Waals surface area (Å²) in [5.74, 6) is 0.485. The van der Waals surface area contributed by atoms with Gasteiger partial charge in [0.1, 0.15) is 0 Å². The van der Waals surface area contributed by atoms with Crippen molar-refractivity contribution >= 4 is 35.2 Å². The van der Waals surface area contributed by atoms with Gasteiger partial charge < -0.3 is 16.0 Å². The highest BCUT2D eigenvalue weighted by Crippen LogP contribution is 2.17. The maximum atomic E-state index is 11.8. The second-order valence-corrected chi connectivity index (χ2v) is 5.41. The molecule has 0 spiro atoms. The number of quaternary nitrogens is 1. The molecule has 0 saturated carbocycles. The van der Waals surface area contributed by atoms with Crippen molar-refractivity contribution in [2.24, 2.45) is 0 Å². The van der Waals surface area contributed by atoms with Crippen LogP contribution in [0.1, 0.15) is 26.4 Å². The molecule has 5 nitrogen and oxygen atoms in total. The summed E-state index contributed by atoms with van der Waals surface area (Å²) >= 11 is 1.24. The number of H-pyrrole nitrogens is 1. The van der Waals surface area contributed by atoms with Gasteiger partial charge in [-0.2, -0.15) is 0 Å². The number of nitrogens with one attached hydrogen (secondary N) is 2. The number of aromatic amines is 1. The van der Waals surface area contributed by atoms with Crippen LogP contribution in [0.5, 0.6) is 0 Å². The van der Waals surface area contributed by atoms with Crippen LogP contribution in [-0.4, -0.2) is 29.1 Å². The van der Waals surface area contributed by atoms with E-state index in [1.165, 1.54) is 11.8 Å². The number of rotatable bonds is 6. The number of aromatic nitrogens is 1. The Bertz CT molecular complexity index is 600. The van der Waals surface area contributed by atoms with E-state index in [1.54, 1.807) is 30.5 Å². The highest BCUT2D eigenvalue weighted by molar-refractivity contribution is 8.13. The summed E-state index contributed by atoms with van der Waals surface area (Å²) in [4.78, 5) is 26.5. The van der Waals surface area contributed by atoms with Crippen LogP contribution in [-0.2, 0) is 5.75 Å². The van der Waals surface area contributed by atoms with Crippen molar-refractivity contribution in [1.29, 1.82) is 0 Å². The smallest absolute Gasteiger partial charge is 0.251 e. The van der Waals surface area contributed by atoms with Crippen LogP contribution in [0.25, 0.3) is 0 Å². The molecule has 0 aliphatic carbocycles. The molecule has 1 heterocycles. The molecule has 5 N–H and O–H groups in total. The maximum absolute atomic E-state index is 11.8. The van der Waals surface area contributed by atoms with E-state index in [0.717, 1.165) is 5.56 Å². The number of amides is 1. The Morgan fingerprint density at radius 1 is 1.18 bits per heavy atom. The lowest BCUT2D eigenvalue weighted by atomic mass is 10.1. The quantitative estimate of drug-likeness (QED) is 0.744. The topological polar surface area (TPSA) is 89.6 Å². The zero-order valence-electron chi connectivity index (χ0n) is 12.0. The predicted octanol–water partition coefficient (Wildman–Crippen LogP) is 1.48. The van der Waals surface area contributed by atoms with E-state index in [2.05, 4.69) is 16.0 Å². The minimum atomic E-state index is -0.0969. The molecule has 0 aliphatic rings. The largest absolute Gasteiger partial charge is 0.358 e. The van der Waals surface area contributed by atoms with E-state index in [0.29, 0.717) is 30.1 Å². The lowest BCUT2D eigenvalue weighted by molar-refractivity contribution is -0.364. The number of benzene rings is 1. The Morgan fingerprint density at radius 3 is 2.50 bits per heavy atom. The molecule has 2 aromatic rings. The fourth-order valence-electron chi connectivity index (χ4n) is 1.74. The van der Waals surface area contributed by atoms with Gasteiger partial charge in [0, 0.05) is 17.5 Å². The number of hydrogen-bond acceptors (Lipinski definition) is 3. The van der Waals surface area contributed by atoms with Crippen LogP contribution in [0.2, 0.25) is 0 Å². The zero-order chi connectivity index (χ0) is 15.1. The molecule has 0 atom stereocenters. The molecule has 118 valence electrons. The van der Waals surface area contributed by atoms with Gasteiger partial charge in [0.2, 0.25) is 5.12 Å². The molecule has 0 radical (unpaired) electrons. The van der Waals surface area contributed by atoms with Gasteiger partial charge in [-0.1, -0.05) is 23.9 Å². The first kappa shape index (κ1) is 18.3. The van der Waals surface area contributed by atoms with Gasteiger partial charge in [-0.15, -0.1) is 12.4 Å². The van der Waals surface area contributed by atoms with Crippen LogP contribution in [0.15, 0.2) is 42.6 Å². The second-order valence-electron chi connectivity index (χ2n) is 4.47. The number of thioether (sulfide) groups is 1. The number of carbonyl (C=O) groups excluding carboxylic acids is 2. The Morgan fingerprint density at radius 2 is 1.91 bits per heavy atom. The van der Waals surface area contributed by atoms with Crippen molar-refractivity contribution in [3.8, 4) is 0 Å². The fraction of sp³-hybridized carbons (Fsp3) is 0.200. The molecular formula is C15H19ClN3O2S+. The average Bonchev–Trinajstić information content (AvgIpc) is 3.05. The molecule has 22 heavy (non-hydrogen) atoms. The van der Waals surface area contributed by atoms with E-state index in [-0.39, 0.29) is 23.4 Å². The number of hydrogen-bond donors (Lipinski definition) is 3. The van der Waals surface area contributed by atoms with Crippen molar-refractivity contribution in [2.75, 3.05) is 13.1 Å². The molecule has 0 saturated heterocycles. The summed E-state index contributed by atoms with van der Waals surface area (Å²) in [6.45, 7) is 1.24. The Kier molecular flexibility index (Phi) is 7.73. The van der Waals surface area contributed by atoms with Gasteiger partial charge in [-0.25, -0.2) is 0 Å². The van der Waals surface area contributed by atoms with E-state index in [9.17, 15) is 9.59 Å². The van der Waals surface area contributed by atoms with Crippen LogP contribution in [0.4, 0.5) is 0 Å². The monoisotopic (exact) mass is 340 g/mol. The number of halogens is 1. The normalized spacial score (nSPS) is 9.86. The molecule has 0 unspecified atom stereocenters. The van der Waals surface area contributed by atoms with Gasteiger partial charge in [-0.3, -0.25) is 9.59 Å². The van der Waals surface area contributed by atoms with Crippen molar-refractivity contribution in [2.45, 2.75) is 5.75 Å².